The lowest BCUT2D eigenvalue weighted by Gasteiger charge is -2.44. The normalized spacial score (nSPS) is 13.5. The first-order valence-electron chi connectivity index (χ1n) is 9.45. The highest BCUT2D eigenvalue weighted by molar-refractivity contribution is 6.99. The molecule has 0 aliphatic carbocycles. The molecule has 2 rings (SSSR count). The second-order valence-electron chi connectivity index (χ2n) is 7.60. The Morgan fingerprint density at radius 3 is 1.89 bits per heavy atom. The molecular formula is C23H30O3Si. The van der Waals surface area contributed by atoms with Crippen LogP contribution in [0.15, 0.2) is 72.8 Å². The van der Waals surface area contributed by atoms with E-state index in [1.54, 1.807) is 13.0 Å². The van der Waals surface area contributed by atoms with Crippen LogP contribution < -0.4 is 10.4 Å². The Labute approximate surface area is 164 Å². The molecule has 0 radical (unpaired) electrons. The maximum absolute atomic E-state index is 11.7. The number of esters is 1. The molecule has 0 saturated carbocycles. The first-order chi connectivity index (χ1) is 12.8. The van der Waals surface area contributed by atoms with Crippen LogP contribution in [0.4, 0.5) is 0 Å². The van der Waals surface area contributed by atoms with Gasteiger partial charge in [0.25, 0.3) is 8.32 Å². The van der Waals surface area contributed by atoms with Gasteiger partial charge in [0.2, 0.25) is 0 Å². The van der Waals surface area contributed by atoms with E-state index >= 15 is 0 Å². The van der Waals surface area contributed by atoms with Gasteiger partial charge in [-0.05, 0) is 29.3 Å². The quantitative estimate of drug-likeness (QED) is 0.411. The van der Waals surface area contributed by atoms with Crippen molar-refractivity contribution in [2.45, 2.75) is 45.8 Å². The molecule has 0 heterocycles. The lowest BCUT2D eigenvalue weighted by atomic mass is 10.2. The minimum Gasteiger partial charge on any atom is -0.463 e. The van der Waals surface area contributed by atoms with Gasteiger partial charge in [-0.1, -0.05) is 87.5 Å². The number of ether oxygens (including phenoxy) is 1. The molecule has 4 heteroatoms. The van der Waals surface area contributed by atoms with E-state index in [1.807, 2.05) is 19.1 Å². The van der Waals surface area contributed by atoms with Gasteiger partial charge in [0.05, 0.1) is 12.7 Å². The minimum atomic E-state index is -2.61. The summed E-state index contributed by atoms with van der Waals surface area (Å²) in [5, 5.41) is 2.35. The van der Waals surface area contributed by atoms with E-state index in [4.69, 9.17) is 9.16 Å². The molecule has 0 aromatic heterocycles. The highest BCUT2D eigenvalue weighted by atomic mass is 28.4. The van der Waals surface area contributed by atoms with Crippen LogP contribution in [0, 0.1) is 0 Å². The van der Waals surface area contributed by atoms with Crippen LogP contribution in [0.5, 0.6) is 0 Å². The highest BCUT2D eigenvalue weighted by Gasteiger charge is 2.50. The fourth-order valence-electron chi connectivity index (χ4n) is 3.41. The van der Waals surface area contributed by atoms with Crippen LogP contribution in [-0.4, -0.2) is 27.0 Å². The summed E-state index contributed by atoms with van der Waals surface area (Å²) in [4.78, 5) is 11.7. The van der Waals surface area contributed by atoms with Crippen LogP contribution in [0.25, 0.3) is 0 Å². The SMILES string of the molecule is CCOC(=O)/C=C/[C@H](C)O[Si](c1ccccc1)(c1ccccc1)C(C)(C)C. The molecule has 1 atom stereocenters. The van der Waals surface area contributed by atoms with Crippen molar-refractivity contribution in [1.29, 1.82) is 0 Å². The standard InChI is InChI=1S/C23H30O3Si/c1-6-25-22(24)18-17-19(2)26-27(23(3,4)5,20-13-9-7-10-14-20)21-15-11-8-12-16-21/h7-19H,6H2,1-5H3/b18-17+/t19-/m0/s1. The Balaban J connectivity index is 2.51. The van der Waals surface area contributed by atoms with Crippen molar-refractivity contribution in [3.63, 3.8) is 0 Å². The smallest absolute Gasteiger partial charge is 0.330 e. The molecule has 0 bridgehead atoms. The van der Waals surface area contributed by atoms with Crippen molar-refractivity contribution in [1.82, 2.24) is 0 Å². The third-order valence-corrected chi connectivity index (χ3v) is 9.70. The maximum atomic E-state index is 11.7. The number of benzene rings is 2. The molecule has 0 unspecified atom stereocenters. The van der Waals surface area contributed by atoms with Crippen molar-refractivity contribution < 1.29 is 14.0 Å². The Hall–Kier alpha value is -2.17. The topological polar surface area (TPSA) is 35.5 Å². The van der Waals surface area contributed by atoms with Crippen LogP contribution in [-0.2, 0) is 14.0 Å². The maximum Gasteiger partial charge on any atom is 0.330 e. The predicted molar refractivity (Wildman–Crippen MR) is 114 cm³/mol. The molecular weight excluding hydrogens is 352 g/mol. The first-order valence-corrected chi connectivity index (χ1v) is 11.4. The average molecular weight is 383 g/mol. The number of hydrogen-bond donors (Lipinski definition) is 0. The Morgan fingerprint density at radius 1 is 1.00 bits per heavy atom. The largest absolute Gasteiger partial charge is 0.463 e. The van der Waals surface area contributed by atoms with Gasteiger partial charge in [-0.15, -0.1) is 0 Å². The van der Waals surface area contributed by atoms with Gasteiger partial charge < -0.3 is 9.16 Å². The van der Waals surface area contributed by atoms with Gasteiger partial charge in [0, 0.05) is 6.08 Å². The summed E-state index contributed by atoms with van der Waals surface area (Å²) >= 11 is 0. The van der Waals surface area contributed by atoms with Crippen molar-refractivity contribution in [2.24, 2.45) is 0 Å². The molecule has 0 fully saturated rings. The molecule has 0 saturated heterocycles. The molecule has 144 valence electrons. The summed E-state index contributed by atoms with van der Waals surface area (Å²) in [6.07, 6.45) is 3.03. The van der Waals surface area contributed by atoms with Gasteiger partial charge >= 0.3 is 5.97 Å². The highest BCUT2D eigenvalue weighted by Crippen LogP contribution is 2.37. The van der Waals surface area contributed by atoms with Crippen molar-refractivity contribution in [2.75, 3.05) is 6.61 Å². The second kappa shape index (κ2) is 9.15. The molecule has 0 N–H and O–H groups in total. The number of hydrogen-bond acceptors (Lipinski definition) is 3. The molecule has 0 aliphatic rings. The summed E-state index contributed by atoms with van der Waals surface area (Å²) < 4.78 is 11.8. The van der Waals surface area contributed by atoms with E-state index < -0.39 is 8.32 Å². The molecule has 27 heavy (non-hydrogen) atoms. The monoisotopic (exact) mass is 382 g/mol. The van der Waals surface area contributed by atoms with E-state index in [0.29, 0.717) is 6.61 Å². The zero-order valence-electron chi connectivity index (χ0n) is 16.9. The third-order valence-electron chi connectivity index (χ3n) is 4.57. The van der Waals surface area contributed by atoms with Crippen LogP contribution in [0.3, 0.4) is 0 Å². The molecule has 0 amide bonds. The Kier molecular flexibility index (Phi) is 7.16. The van der Waals surface area contributed by atoms with Gasteiger partial charge in [-0.3, -0.25) is 0 Å². The zero-order valence-corrected chi connectivity index (χ0v) is 17.9. The average Bonchev–Trinajstić information content (AvgIpc) is 2.65. The number of rotatable bonds is 7. The minimum absolute atomic E-state index is 0.0955. The van der Waals surface area contributed by atoms with Crippen LogP contribution in [0.2, 0.25) is 5.04 Å². The van der Waals surface area contributed by atoms with E-state index in [0.717, 1.165) is 0 Å². The van der Waals surface area contributed by atoms with E-state index in [2.05, 4.69) is 69.3 Å². The lowest BCUT2D eigenvalue weighted by Crippen LogP contribution is -2.67. The van der Waals surface area contributed by atoms with Gasteiger partial charge in [-0.2, -0.15) is 0 Å². The fraction of sp³-hybridized carbons (Fsp3) is 0.348. The summed E-state index contributed by atoms with van der Waals surface area (Å²) in [5.41, 5.74) is 0. The van der Waals surface area contributed by atoms with Gasteiger partial charge in [-0.25, -0.2) is 4.79 Å². The number of carbonyl (C=O) groups is 1. The van der Waals surface area contributed by atoms with E-state index in [-0.39, 0.29) is 17.1 Å². The van der Waals surface area contributed by atoms with E-state index in [1.165, 1.54) is 16.4 Å². The van der Waals surface area contributed by atoms with Crippen molar-refractivity contribution in [3.8, 4) is 0 Å². The fourth-order valence-corrected chi connectivity index (χ4v) is 8.06. The molecule has 2 aromatic carbocycles. The lowest BCUT2D eigenvalue weighted by molar-refractivity contribution is -0.137. The number of carbonyl (C=O) groups excluding carboxylic acids is 1. The van der Waals surface area contributed by atoms with Crippen LogP contribution >= 0.6 is 0 Å². The van der Waals surface area contributed by atoms with Gasteiger partial charge in [0.15, 0.2) is 0 Å². The summed E-state index contributed by atoms with van der Waals surface area (Å²) in [6.45, 7) is 10.9. The zero-order chi connectivity index (χ0) is 19.9. The Bertz CT molecular complexity index is 709. The molecule has 0 aliphatic heterocycles. The first kappa shape index (κ1) is 21.1. The second-order valence-corrected chi connectivity index (χ2v) is 11.9. The molecule has 2 aromatic rings. The van der Waals surface area contributed by atoms with Crippen molar-refractivity contribution in [3.05, 3.63) is 72.8 Å². The van der Waals surface area contributed by atoms with Crippen molar-refractivity contribution >= 4 is 24.7 Å². The predicted octanol–water partition coefficient (Wildman–Crippen LogP) is 4.07. The summed E-state index contributed by atoms with van der Waals surface area (Å²) in [7, 11) is -2.61. The molecule has 3 nitrogen and oxygen atoms in total. The van der Waals surface area contributed by atoms with E-state index in [9.17, 15) is 4.79 Å². The van der Waals surface area contributed by atoms with Gasteiger partial charge in [0.1, 0.15) is 0 Å². The Morgan fingerprint density at radius 2 is 1.48 bits per heavy atom. The third kappa shape index (κ3) is 4.96. The molecule has 0 spiro atoms. The van der Waals surface area contributed by atoms with Crippen LogP contribution in [0.1, 0.15) is 34.6 Å². The summed E-state index contributed by atoms with van der Waals surface area (Å²) in [5.74, 6) is -0.338. The summed E-state index contributed by atoms with van der Waals surface area (Å²) in [6, 6.07) is 20.9.